The number of rotatable bonds is 12. The molecule has 0 fully saturated rings. The van der Waals surface area contributed by atoms with E-state index in [0.717, 1.165) is 68.3 Å². The molecule has 55 heavy (non-hydrogen) atoms. The number of ketones is 2. The number of nitrogens with two attached hydrogens (primary N) is 1. The Morgan fingerprint density at radius 1 is 0.636 bits per heavy atom. The number of hydrogen-bond acceptors (Lipinski definition) is 9. The second-order valence-corrected chi connectivity index (χ2v) is 10.9. The maximum atomic E-state index is 13.0. The van der Waals surface area contributed by atoms with Crippen molar-refractivity contribution in [2.45, 2.75) is 44.3 Å². The normalized spacial score (nSPS) is 12.4. The Balaban J connectivity index is 0.000000588. The number of alkyl halides is 9. The van der Waals surface area contributed by atoms with Gasteiger partial charge in [0.15, 0.2) is 11.5 Å². The molecule has 0 radical (unpaired) electrons. The van der Waals surface area contributed by atoms with Crippen molar-refractivity contribution in [1.29, 1.82) is 0 Å². The van der Waals surface area contributed by atoms with E-state index >= 15 is 0 Å². The van der Waals surface area contributed by atoms with Crippen LogP contribution in [0, 0.1) is 0 Å². The van der Waals surface area contributed by atoms with Gasteiger partial charge in [-0.2, -0.15) is 39.5 Å². The average Bonchev–Trinajstić information content (AvgIpc) is 3.09. The molecule has 3 aromatic rings. The maximum absolute atomic E-state index is 13.0. The summed E-state index contributed by atoms with van der Waals surface area (Å²) >= 11 is 0. The van der Waals surface area contributed by atoms with Gasteiger partial charge in [-0.1, -0.05) is 36.4 Å². The number of fused-ring (bicyclic) bond motifs is 2. The van der Waals surface area contributed by atoms with Crippen molar-refractivity contribution in [1.82, 2.24) is 10.6 Å². The zero-order valence-corrected chi connectivity index (χ0v) is 28.3. The van der Waals surface area contributed by atoms with E-state index in [1.54, 1.807) is 12.1 Å². The van der Waals surface area contributed by atoms with Crippen molar-refractivity contribution in [2.75, 3.05) is 26.2 Å². The molecule has 3 aromatic carbocycles. The number of carbonyl (C=O) groups excluding carboxylic acids is 2. The van der Waals surface area contributed by atoms with Crippen molar-refractivity contribution in [3.05, 3.63) is 89.2 Å². The van der Waals surface area contributed by atoms with Crippen LogP contribution in [0.1, 0.15) is 45.5 Å². The minimum Gasteiger partial charge on any atom is -0.475 e. The van der Waals surface area contributed by atoms with Crippen LogP contribution < -0.4 is 21.1 Å². The van der Waals surface area contributed by atoms with Gasteiger partial charge in [-0.3, -0.25) is 9.59 Å². The third-order valence-corrected chi connectivity index (χ3v) is 6.60. The number of Topliss-reactive ketones (excluding diaryl/α,β-unsaturated/α-hetero) is 1. The first-order valence-corrected chi connectivity index (χ1v) is 15.6. The summed E-state index contributed by atoms with van der Waals surface area (Å²) in [5.41, 5.74) is 7.41. The largest absolute Gasteiger partial charge is 0.490 e. The van der Waals surface area contributed by atoms with Crippen LogP contribution in [-0.4, -0.2) is 89.5 Å². The lowest BCUT2D eigenvalue weighted by Gasteiger charge is -2.17. The summed E-state index contributed by atoms with van der Waals surface area (Å²) in [6, 6.07) is 18.8. The van der Waals surface area contributed by atoms with Crippen LogP contribution in [0.5, 0.6) is 5.75 Å². The molecule has 12 nitrogen and oxygen atoms in total. The third kappa shape index (κ3) is 17.9. The minimum absolute atomic E-state index is 0.0544. The molecule has 7 N–H and O–H groups in total. The fourth-order valence-corrected chi connectivity index (χ4v) is 3.99. The molecule has 0 amide bonds. The zero-order chi connectivity index (χ0) is 42.0. The fourth-order valence-electron chi connectivity index (χ4n) is 3.99. The highest BCUT2D eigenvalue weighted by Crippen LogP contribution is 2.28. The van der Waals surface area contributed by atoms with Gasteiger partial charge in [0.05, 0.1) is 0 Å². The summed E-state index contributed by atoms with van der Waals surface area (Å²) < 4.78 is 101. The molecule has 0 saturated carbocycles. The highest BCUT2D eigenvalue weighted by atomic mass is 19.4. The predicted octanol–water partition coefficient (Wildman–Crippen LogP) is 5.89. The topological polar surface area (TPSA) is 205 Å². The van der Waals surface area contributed by atoms with Crippen molar-refractivity contribution in [3.8, 4) is 5.75 Å². The van der Waals surface area contributed by atoms with Gasteiger partial charge in [0.2, 0.25) is 5.78 Å². The van der Waals surface area contributed by atoms with Crippen molar-refractivity contribution in [3.63, 3.8) is 0 Å². The van der Waals surface area contributed by atoms with Gasteiger partial charge in [0.25, 0.3) is 0 Å². The number of carboxylic acid groups (broad SMARTS) is 3. The summed E-state index contributed by atoms with van der Waals surface area (Å²) in [5.74, 6) is -8.18. The number of aliphatic carboxylic acids is 3. The van der Waals surface area contributed by atoms with E-state index in [-0.39, 0.29) is 17.3 Å². The lowest BCUT2D eigenvalue weighted by molar-refractivity contribution is -0.193. The molecule has 0 atom stereocenters. The molecule has 21 heteroatoms. The van der Waals surface area contributed by atoms with E-state index in [1.165, 1.54) is 6.08 Å². The molecule has 4 rings (SSSR count). The Kier molecular flexibility index (Phi) is 19.0. The summed E-state index contributed by atoms with van der Waals surface area (Å²) in [4.78, 5) is 52.4. The maximum Gasteiger partial charge on any atom is 0.490 e. The molecule has 0 spiro atoms. The van der Waals surface area contributed by atoms with E-state index in [0.29, 0.717) is 16.9 Å². The first-order valence-electron chi connectivity index (χ1n) is 15.6. The van der Waals surface area contributed by atoms with E-state index < -0.39 is 36.4 Å². The molecule has 1 aliphatic rings. The summed E-state index contributed by atoms with van der Waals surface area (Å²) in [6.07, 6.45) is -10.7. The molecular formula is C34H34F9N3O9. The van der Waals surface area contributed by atoms with Crippen LogP contribution in [0.2, 0.25) is 0 Å². The molecule has 1 aliphatic carbocycles. The van der Waals surface area contributed by atoms with E-state index in [4.69, 9.17) is 40.2 Å². The SMILES string of the molecule is NCCCNCCCCNCc1ccc(OC2=CC(=O)c3cc4ccccc4cc3C2=O)cc1.O=C(O)C(F)(F)F.O=C(O)C(F)(F)F.O=C(O)C(F)(F)F. The number of benzene rings is 3. The monoisotopic (exact) mass is 799 g/mol. The third-order valence-electron chi connectivity index (χ3n) is 6.60. The number of carboxylic acids is 3. The Morgan fingerprint density at radius 3 is 1.49 bits per heavy atom. The Labute approximate surface area is 305 Å². The van der Waals surface area contributed by atoms with Crippen LogP contribution in [0.25, 0.3) is 10.8 Å². The van der Waals surface area contributed by atoms with Gasteiger partial charge in [-0.25, -0.2) is 14.4 Å². The van der Waals surface area contributed by atoms with Crippen LogP contribution >= 0.6 is 0 Å². The quantitative estimate of drug-likeness (QED) is 0.0938. The molecule has 0 aliphatic heterocycles. The van der Waals surface area contributed by atoms with Crippen molar-refractivity contribution < 1.29 is 83.5 Å². The van der Waals surface area contributed by atoms with Gasteiger partial charge in [-0.15, -0.1) is 0 Å². The smallest absolute Gasteiger partial charge is 0.475 e. The van der Waals surface area contributed by atoms with Gasteiger partial charge in [-0.05, 0) is 86.0 Å². The Morgan fingerprint density at radius 2 is 1.05 bits per heavy atom. The summed E-state index contributed by atoms with van der Waals surface area (Å²) in [7, 11) is 0. The Hall–Kier alpha value is -5.54. The molecular weight excluding hydrogens is 765 g/mol. The molecule has 0 unspecified atom stereocenters. The van der Waals surface area contributed by atoms with Crippen LogP contribution in [-0.2, 0) is 20.9 Å². The van der Waals surface area contributed by atoms with Crippen molar-refractivity contribution >= 4 is 40.2 Å². The zero-order valence-electron chi connectivity index (χ0n) is 28.3. The molecule has 302 valence electrons. The molecule has 0 heterocycles. The number of carbonyl (C=O) groups is 5. The van der Waals surface area contributed by atoms with E-state index in [1.807, 2.05) is 48.5 Å². The lowest BCUT2D eigenvalue weighted by Crippen LogP contribution is -2.21. The summed E-state index contributed by atoms with van der Waals surface area (Å²) in [6.45, 7) is 4.45. The number of hydrogen-bond donors (Lipinski definition) is 6. The molecule has 0 saturated heterocycles. The minimum atomic E-state index is -5.08. The lowest BCUT2D eigenvalue weighted by atomic mass is 9.90. The van der Waals surface area contributed by atoms with Gasteiger partial charge >= 0.3 is 36.4 Å². The van der Waals surface area contributed by atoms with Crippen LogP contribution in [0.3, 0.4) is 0 Å². The Bertz CT molecular complexity index is 1740. The number of allylic oxidation sites excluding steroid dienone is 2. The van der Waals surface area contributed by atoms with Gasteiger partial charge < -0.3 is 36.4 Å². The highest BCUT2D eigenvalue weighted by molar-refractivity contribution is 6.25. The first kappa shape index (κ1) is 47.5. The van der Waals surface area contributed by atoms with Gasteiger partial charge in [0.1, 0.15) is 5.75 Å². The van der Waals surface area contributed by atoms with Gasteiger partial charge in [0, 0.05) is 23.7 Å². The average molecular weight is 800 g/mol. The van der Waals surface area contributed by atoms with E-state index in [9.17, 15) is 49.1 Å². The second kappa shape index (κ2) is 22.0. The number of nitrogens with one attached hydrogen (secondary N) is 2. The number of ether oxygens (including phenoxy) is 1. The highest BCUT2D eigenvalue weighted by Gasteiger charge is 2.39. The van der Waals surface area contributed by atoms with E-state index in [2.05, 4.69) is 10.6 Å². The summed E-state index contributed by atoms with van der Waals surface area (Å²) in [5, 5.41) is 30.1. The molecule has 0 aromatic heterocycles. The standard InChI is InChI=1S/C28H31N3O3.3C2HF3O2/c29-12-5-15-30-13-3-4-14-31-19-20-8-10-23(11-9-20)34-27-18-26(32)24-16-21-6-1-2-7-22(21)17-25(24)28(27)33;3*3-2(4,5)1(6)7/h1-2,6-11,16-18,30-31H,3-5,12-15,19,29H2;3*(H,6,7). The fraction of sp³-hybridized carbons (Fsp3) is 0.324. The predicted molar refractivity (Wildman–Crippen MR) is 176 cm³/mol. The first-order chi connectivity index (χ1) is 25.5. The molecule has 0 bridgehead atoms. The van der Waals surface area contributed by atoms with Crippen LogP contribution in [0.4, 0.5) is 39.5 Å². The number of halogens is 9. The second-order valence-electron chi connectivity index (χ2n) is 10.9. The van der Waals surface area contributed by atoms with Crippen molar-refractivity contribution in [2.24, 2.45) is 5.73 Å². The van der Waals surface area contributed by atoms with Crippen LogP contribution in [0.15, 0.2) is 72.5 Å². The number of unbranched alkanes of at least 4 members (excludes halogenated alkanes) is 1.